The number of rotatable bonds is 3. The summed E-state index contributed by atoms with van der Waals surface area (Å²) in [7, 11) is 0. The highest BCUT2D eigenvalue weighted by atomic mass is 19.4. The second-order valence-corrected chi connectivity index (χ2v) is 7.29. The minimum atomic E-state index is -4.50. The Bertz CT molecular complexity index is 902. The second kappa shape index (κ2) is 6.86. The first-order chi connectivity index (χ1) is 13.2. The summed E-state index contributed by atoms with van der Waals surface area (Å²) in [6.07, 6.45) is -4.21. The van der Waals surface area contributed by atoms with Gasteiger partial charge >= 0.3 is 6.18 Å². The van der Waals surface area contributed by atoms with Gasteiger partial charge in [0.1, 0.15) is 0 Å². The van der Waals surface area contributed by atoms with E-state index in [9.17, 15) is 23.1 Å². The van der Waals surface area contributed by atoms with Gasteiger partial charge in [-0.3, -0.25) is 9.78 Å². The lowest BCUT2D eigenvalue weighted by Gasteiger charge is -2.30. The van der Waals surface area contributed by atoms with Crippen LogP contribution in [-0.4, -0.2) is 34.3 Å². The van der Waals surface area contributed by atoms with Gasteiger partial charge in [0.25, 0.3) is 0 Å². The number of fused-ring (bicyclic) bond motifs is 2. The molecule has 1 aromatic heterocycles. The van der Waals surface area contributed by atoms with Gasteiger partial charge in [-0.05, 0) is 42.8 Å². The Morgan fingerprint density at radius 1 is 1.29 bits per heavy atom. The maximum Gasteiger partial charge on any atom is 0.416 e. The minimum absolute atomic E-state index is 0.0572. The van der Waals surface area contributed by atoms with Crippen molar-refractivity contribution >= 4 is 11.6 Å². The number of benzene rings is 1. The number of carbonyl (C=O) groups is 1. The third-order valence-electron chi connectivity index (χ3n) is 5.39. The smallest absolute Gasteiger partial charge is 0.390 e. The number of nitrogens with one attached hydrogen (secondary N) is 1. The number of anilines is 1. The highest BCUT2D eigenvalue weighted by Crippen LogP contribution is 2.49. The van der Waals surface area contributed by atoms with E-state index in [1.165, 1.54) is 12.1 Å². The number of pyridine rings is 1. The van der Waals surface area contributed by atoms with Gasteiger partial charge in [-0.15, -0.1) is 0 Å². The van der Waals surface area contributed by atoms with Crippen LogP contribution in [0.5, 0.6) is 0 Å². The molecule has 4 rings (SSSR count). The normalized spacial score (nSPS) is 29.1. The molecule has 1 unspecified atom stereocenters. The SMILES string of the molecule is Cc1cc([C@@H]2[C@H](C(=O)Nc3cccc(C(F)(F)F)c3)[C@@H]3O[C@@H]2CC3O)ccn1. The van der Waals surface area contributed by atoms with Crippen LogP contribution in [0.15, 0.2) is 42.6 Å². The molecular formula is C20H19F3N2O3. The molecule has 0 radical (unpaired) electrons. The Labute approximate surface area is 159 Å². The summed E-state index contributed by atoms with van der Waals surface area (Å²) in [5.74, 6) is -1.46. The van der Waals surface area contributed by atoms with E-state index in [1.54, 1.807) is 12.3 Å². The maximum atomic E-state index is 13.0. The van der Waals surface area contributed by atoms with E-state index in [4.69, 9.17) is 4.74 Å². The van der Waals surface area contributed by atoms with Crippen LogP contribution in [-0.2, 0) is 15.7 Å². The molecule has 2 N–H and O–H groups in total. The average Bonchev–Trinajstić information content (AvgIpc) is 3.18. The largest absolute Gasteiger partial charge is 0.416 e. The molecule has 3 heterocycles. The quantitative estimate of drug-likeness (QED) is 0.841. The molecule has 148 valence electrons. The third-order valence-corrected chi connectivity index (χ3v) is 5.39. The fourth-order valence-corrected chi connectivity index (χ4v) is 4.22. The molecule has 5 nitrogen and oxygen atoms in total. The molecule has 8 heteroatoms. The van der Waals surface area contributed by atoms with Gasteiger partial charge in [0, 0.05) is 29.9 Å². The molecule has 1 aromatic carbocycles. The van der Waals surface area contributed by atoms with Gasteiger partial charge in [0.15, 0.2) is 0 Å². The van der Waals surface area contributed by atoms with Crippen molar-refractivity contribution < 1.29 is 27.8 Å². The summed E-state index contributed by atoms with van der Waals surface area (Å²) in [5.41, 5.74) is 0.881. The number of halogens is 3. The maximum absolute atomic E-state index is 13.0. The first-order valence-electron chi connectivity index (χ1n) is 8.98. The van der Waals surface area contributed by atoms with Crippen molar-refractivity contribution in [2.45, 2.75) is 43.8 Å². The highest BCUT2D eigenvalue weighted by Gasteiger charge is 2.57. The van der Waals surface area contributed by atoms with Crippen LogP contribution in [0.1, 0.15) is 29.2 Å². The average molecular weight is 392 g/mol. The number of aryl methyl sites for hydroxylation is 1. The number of alkyl halides is 3. The van der Waals surface area contributed by atoms with Crippen molar-refractivity contribution in [2.75, 3.05) is 5.32 Å². The third kappa shape index (κ3) is 3.38. The second-order valence-electron chi connectivity index (χ2n) is 7.29. The van der Waals surface area contributed by atoms with E-state index in [-0.39, 0.29) is 17.7 Å². The summed E-state index contributed by atoms with van der Waals surface area (Å²) in [4.78, 5) is 17.1. The molecule has 5 atom stereocenters. The molecule has 0 aliphatic carbocycles. The Balaban J connectivity index is 1.61. The van der Waals surface area contributed by atoms with Gasteiger partial charge in [0.2, 0.25) is 5.91 Å². The number of carbonyl (C=O) groups excluding carboxylic acids is 1. The molecule has 2 saturated heterocycles. The van der Waals surface area contributed by atoms with Crippen molar-refractivity contribution in [3.8, 4) is 0 Å². The minimum Gasteiger partial charge on any atom is -0.390 e. The van der Waals surface area contributed by atoms with Crippen LogP contribution in [0.2, 0.25) is 0 Å². The first-order valence-corrected chi connectivity index (χ1v) is 8.98. The van der Waals surface area contributed by atoms with Gasteiger partial charge in [-0.25, -0.2) is 0 Å². The number of amides is 1. The van der Waals surface area contributed by atoms with Crippen molar-refractivity contribution in [1.29, 1.82) is 0 Å². The standard InChI is InChI=1S/C20H19F3N2O3/c1-10-7-11(5-6-24-10)16-15-9-14(26)18(28-15)17(16)19(27)25-13-4-2-3-12(8-13)20(21,22)23/h2-8,14-18,26H,9H2,1H3,(H,25,27)/t14?,15-,16+,17+,18-/m1/s1. The van der Waals surface area contributed by atoms with E-state index in [0.717, 1.165) is 23.4 Å². The lowest BCUT2D eigenvalue weighted by atomic mass is 9.74. The van der Waals surface area contributed by atoms with Crippen molar-refractivity contribution in [2.24, 2.45) is 5.92 Å². The zero-order chi connectivity index (χ0) is 20.1. The summed E-state index contributed by atoms with van der Waals surface area (Å²) in [6.45, 7) is 1.84. The lowest BCUT2D eigenvalue weighted by Crippen LogP contribution is -2.42. The number of aliphatic hydroxyl groups is 1. The first kappa shape index (κ1) is 18.9. The lowest BCUT2D eigenvalue weighted by molar-refractivity contribution is -0.137. The van der Waals surface area contributed by atoms with Gasteiger partial charge in [-0.2, -0.15) is 13.2 Å². The molecule has 2 aliphatic heterocycles. The predicted octanol–water partition coefficient (Wildman–Crippen LogP) is 3.28. The van der Waals surface area contributed by atoms with E-state index >= 15 is 0 Å². The summed E-state index contributed by atoms with van der Waals surface area (Å²) in [5, 5.41) is 12.8. The Kier molecular flexibility index (Phi) is 4.63. The molecule has 28 heavy (non-hydrogen) atoms. The van der Waals surface area contributed by atoms with Gasteiger partial charge in [0.05, 0.1) is 29.8 Å². The van der Waals surface area contributed by atoms with Crippen LogP contribution in [0, 0.1) is 12.8 Å². The van der Waals surface area contributed by atoms with Crippen molar-refractivity contribution in [1.82, 2.24) is 4.98 Å². The van der Waals surface area contributed by atoms with Crippen LogP contribution >= 0.6 is 0 Å². The summed E-state index contributed by atoms with van der Waals surface area (Å²) in [6, 6.07) is 8.17. The molecule has 1 amide bonds. The molecular weight excluding hydrogens is 373 g/mol. The zero-order valence-electron chi connectivity index (χ0n) is 15.0. The Morgan fingerprint density at radius 2 is 2.07 bits per heavy atom. The van der Waals surface area contributed by atoms with E-state index in [0.29, 0.717) is 6.42 Å². The number of ether oxygens (including phenoxy) is 1. The van der Waals surface area contributed by atoms with E-state index in [1.807, 2.05) is 13.0 Å². The molecule has 2 bridgehead atoms. The van der Waals surface area contributed by atoms with Crippen LogP contribution in [0.25, 0.3) is 0 Å². The molecule has 2 aromatic rings. The van der Waals surface area contributed by atoms with Crippen LogP contribution in [0.4, 0.5) is 18.9 Å². The van der Waals surface area contributed by atoms with E-state index < -0.39 is 35.8 Å². The van der Waals surface area contributed by atoms with Gasteiger partial charge in [-0.1, -0.05) is 6.07 Å². The number of hydrogen-bond acceptors (Lipinski definition) is 4. The monoisotopic (exact) mass is 392 g/mol. The summed E-state index contributed by atoms with van der Waals surface area (Å²) >= 11 is 0. The predicted molar refractivity (Wildman–Crippen MR) is 94.6 cm³/mol. The summed E-state index contributed by atoms with van der Waals surface area (Å²) < 4.78 is 44.6. The topological polar surface area (TPSA) is 71.5 Å². The number of hydrogen-bond donors (Lipinski definition) is 2. The fourth-order valence-electron chi connectivity index (χ4n) is 4.22. The Morgan fingerprint density at radius 3 is 2.79 bits per heavy atom. The van der Waals surface area contributed by atoms with Crippen LogP contribution < -0.4 is 5.32 Å². The van der Waals surface area contributed by atoms with E-state index in [2.05, 4.69) is 10.3 Å². The van der Waals surface area contributed by atoms with Crippen molar-refractivity contribution in [3.63, 3.8) is 0 Å². The zero-order valence-corrected chi connectivity index (χ0v) is 15.0. The molecule has 0 saturated carbocycles. The molecule has 0 spiro atoms. The Hall–Kier alpha value is -2.45. The molecule has 2 fully saturated rings. The number of aromatic nitrogens is 1. The van der Waals surface area contributed by atoms with Gasteiger partial charge < -0.3 is 15.2 Å². The number of nitrogens with zero attached hydrogens (tertiary/aromatic N) is 1. The van der Waals surface area contributed by atoms with Crippen molar-refractivity contribution in [3.05, 3.63) is 59.4 Å². The molecule has 2 aliphatic rings. The number of aliphatic hydroxyl groups excluding tert-OH is 1. The van der Waals surface area contributed by atoms with Crippen LogP contribution in [0.3, 0.4) is 0 Å². The highest BCUT2D eigenvalue weighted by molar-refractivity contribution is 5.94. The fraction of sp³-hybridized carbons (Fsp3) is 0.400.